The number of carbonyl (C=O) groups excluding carboxylic acids is 1. The van der Waals surface area contributed by atoms with Crippen molar-refractivity contribution in [3.63, 3.8) is 0 Å². The number of alkyl carbamates (subject to hydrolysis) is 1. The van der Waals surface area contributed by atoms with Gasteiger partial charge in [-0.2, -0.15) is 0 Å². The van der Waals surface area contributed by atoms with Gasteiger partial charge in [-0.15, -0.1) is 0 Å². The minimum atomic E-state index is -2.83. The number of nitrogens with one attached hydrogen (secondary N) is 1. The third-order valence-corrected chi connectivity index (χ3v) is 2.02. The molecule has 0 heterocycles. The Morgan fingerprint density at radius 2 is 2.00 bits per heavy atom. The average Bonchev–Trinajstić information content (AvgIpc) is 2.34. The van der Waals surface area contributed by atoms with Gasteiger partial charge < -0.3 is 15.2 Å². The smallest absolute Gasteiger partial charge is 0.407 e. The molecule has 17 heavy (non-hydrogen) atoms. The number of amides is 1. The van der Waals surface area contributed by atoms with Gasteiger partial charge in [0.05, 0.1) is 6.61 Å². The number of aliphatic hydroxyl groups excluding tert-OH is 1. The molecule has 1 rings (SSSR count). The van der Waals surface area contributed by atoms with Gasteiger partial charge in [-0.1, -0.05) is 30.3 Å². The molecule has 0 aliphatic heterocycles. The SMILES string of the molecule is O=C(N[C@H](CO)C(F)F)OCc1ccccc1. The molecule has 0 radical (unpaired) electrons. The third kappa shape index (κ3) is 4.78. The van der Waals surface area contributed by atoms with Gasteiger partial charge in [0, 0.05) is 0 Å². The van der Waals surface area contributed by atoms with Crippen LogP contribution in [0.1, 0.15) is 5.56 Å². The van der Waals surface area contributed by atoms with Crippen molar-refractivity contribution in [2.45, 2.75) is 19.1 Å². The zero-order valence-electron chi connectivity index (χ0n) is 8.98. The molecule has 0 unspecified atom stereocenters. The lowest BCUT2D eigenvalue weighted by molar-refractivity contribution is 0.0570. The van der Waals surface area contributed by atoms with E-state index in [1.807, 2.05) is 11.4 Å². The van der Waals surface area contributed by atoms with E-state index in [1.54, 1.807) is 24.3 Å². The lowest BCUT2D eigenvalue weighted by atomic mass is 10.2. The number of carbonyl (C=O) groups is 1. The second-order valence-corrected chi connectivity index (χ2v) is 3.33. The molecule has 0 aromatic heterocycles. The Balaban J connectivity index is 2.35. The Morgan fingerprint density at radius 1 is 1.35 bits per heavy atom. The Hall–Kier alpha value is -1.69. The van der Waals surface area contributed by atoms with Crippen molar-refractivity contribution in [1.82, 2.24) is 5.32 Å². The van der Waals surface area contributed by atoms with Crippen molar-refractivity contribution in [2.24, 2.45) is 0 Å². The molecule has 0 fully saturated rings. The van der Waals surface area contributed by atoms with Gasteiger partial charge in [-0.25, -0.2) is 13.6 Å². The fourth-order valence-corrected chi connectivity index (χ4v) is 1.10. The summed E-state index contributed by atoms with van der Waals surface area (Å²) in [5.74, 6) is 0. The van der Waals surface area contributed by atoms with Crippen LogP contribution in [-0.4, -0.2) is 30.3 Å². The van der Waals surface area contributed by atoms with Crippen molar-refractivity contribution in [1.29, 1.82) is 0 Å². The summed E-state index contributed by atoms with van der Waals surface area (Å²) in [6, 6.07) is 7.23. The van der Waals surface area contributed by atoms with Crippen LogP contribution in [0.5, 0.6) is 0 Å². The van der Waals surface area contributed by atoms with Crippen LogP contribution in [0.15, 0.2) is 30.3 Å². The summed E-state index contributed by atoms with van der Waals surface area (Å²) in [6.45, 7) is -0.841. The van der Waals surface area contributed by atoms with Crippen LogP contribution < -0.4 is 5.32 Å². The van der Waals surface area contributed by atoms with Crippen molar-refractivity contribution in [3.8, 4) is 0 Å². The number of rotatable bonds is 5. The van der Waals surface area contributed by atoms with Crippen LogP contribution in [0.4, 0.5) is 13.6 Å². The first-order chi connectivity index (χ1) is 8.13. The standard InChI is InChI=1S/C11H13F2NO3/c12-10(13)9(6-15)14-11(16)17-7-8-4-2-1-3-5-8/h1-5,9-10,15H,6-7H2,(H,14,16)/t9-/m1/s1. The lowest BCUT2D eigenvalue weighted by Crippen LogP contribution is -2.42. The molecule has 1 aromatic rings. The van der Waals surface area contributed by atoms with Crippen molar-refractivity contribution < 1.29 is 23.4 Å². The highest BCUT2D eigenvalue weighted by Crippen LogP contribution is 2.03. The molecule has 1 aromatic carbocycles. The van der Waals surface area contributed by atoms with Gasteiger partial charge >= 0.3 is 6.09 Å². The predicted octanol–water partition coefficient (Wildman–Crippen LogP) is 1.54. The molecule has 0 saturated carbocycles. The average molecular weight is 245 g/mol. The van der Waals surface area contributed by atoms with Crippen molar-refractivity contribution >= 4 is 6.09 Å². The van der Waals surface area contributed by atoms with Crippen molar-refractivity contribution in [2.75, 3.05) is 6.61 Å². The number of ether oxygens (including phenoxy) is 1. The van der Waals surface area contributed by atoms with Crippen LogP contribution in [0.25, 0.3) is 0 Å². The zero-order valence-corrected chi connectivity index (χ0v) is 8.98. The summed E-state index contributed by atoms with van der Waals surface area (Å²) < 4.78 is 29.1. The second kappa shape index (κ2) is 6.80. The highest BCUT2D eigenvalue weighted by Gasteiger charge is 2.21. The largest absolute Gasteiger partial charge is 0.445 e. The molecule has 0 saturated heterocycles. The monoisotopic (exact) mass is 245 g/mol. The molecule has 0 bridgehead atoms. The zero-order chi connectivity index (χ0) is 12.7. The minimum absolute atomic E-state index is 0.00589. The first-order valence-corrected chi connectivity index (χ1v) is 4.99. The van der Waals surface area contributed by atoms with E-state index in [1.165, 1.54) is 0 Å². The fourth-order valence-electron chi connectivity index (χ4n) is 1.10. The first kappa shape index (κ1) is 13.4. The number of benzene rings is 1. The van der Waals surface area contributed by atoms with E-state index in [2.05, 4.69) is 0 Å². The van der Waals surface area contributed by atoms with Crippen LogP contribution >= 0.6 is 0 Å². The number of halogens is 2. The molecule has 4 nitrogen and oxygen atoms in total. The van der Waals surface area contributed by atoms with E-state index in [4.69, 9.17) is 9.84 Å². The first-order valence-electron chi connectivity index (χ1n) is 4.99. The van der Waals surface area contributed by atoms with E-state index in [-0.39, 0.29) is 6.61 Å². The molecule has 1 atom stereocenters. The molecule has 0 aliphatic rings. The number of alkyl halides is 2. The molecular weight excluding hydrogens is 232 g/mol. The van der Waals surface area contributed by atoms with E-state index < -0.39 is 25.2 Å². The van der Waals surface area contributed by atoms with Crippen LogP contribution in [0.3, 0.4) is 0 Å². The Labute approximate surface area is 97.2 Å². The molecular formula is C11H13F2NO3. The highest BCUT2D eigenvalue weighted by atomic mass is 19.3. The van der Waals surface area contributed by atoms with Crippen molar-refractivity contribution in [3.05, 3.63) is 35.9 Å². The van der Waals surface area contributed by atoms with Gasteiger partial charge in [-0.3, -0.25) is 0 Å². The van der Waals surface area contributed by atoms with Gasteiger partial charge in [0.2, 0.25) is 0 Å². The second-order valence-electron chi connectivity index (χ2n) is 3.33. The van der Waals surface area contributed by atoms with E-state index in [0.717, 1.165) is 5.56 Å². The Kier molecular flexibility index (Phi) is 5.35. The van der Waals surface area contributed by atoms with Gasteiger partial charge in [0.25, 0.3) is 6.43 Å². The maximum atomic E-state index is 12.2. The normalized spacial score (nSPS) is 12.2. The minimum Gasteiger partial charge on any atom is -0.445 e. The molecule has 0 aliphatic carbocycles. The molecule has 6 heteroatoms. The van der Waals surface area contributed by atoms with Crippen LogP contribution in [0.2, 0.25) is 0 Å². The van der Waals surface area contributed by atoms with Crippen LogP contribution in [0, 0.1) is 0 Å². The molecule has 0 spiro atoms. The Morgan fingerprint density at radius 3 is 2.53 bits per heavy atom. The summed E-state index contributed by atoms with van der Waals surface area (Å²) in [7, 11) is 0. The molecule has 1 amide bonds. The summed E-state index contributed by atoms with van der Waals surface area (Å²) in [5, 5.41) is 10.5. The van der Waals surface area contributed by atoms with Gasteiger partial charge in [0.1, 0.15) is 12.6 Å². The number of aliphatic hydroxyl groups is 1. The summed E-state index contributed by atoms with van der Waals surface area (Å²) >= 11 is 0. The topological polar surface area (TPSA) is 58.6 Å². The fraction of sp³-hybridized carbons (Fsp3) is 0.364. The maximum absolute atomic E-state index is 12.2. The predicted molar refractivity (Wildman–Crippen MR) is 56.6 cm³/mol. The maximum Gasteiger partial charge on any atom is 0.407 e. The van der Waals surface area contributed by atoms with Gasteiger partial charge in [0.15, 0.2) is 0 Å². The number of hydrogen-bond donors (Lipinski definition) is 2. The highest BCUT2D eigenvalue weighted by molar-refractivity contribution is 5.67. The lowest BCUT2D eigenvalue weighted by Gasteiger charge is -2.14. The third-order valence-electron chi connectivity index (χ3n) is 2.02. The number of hydrogen-bond acceptors (Lipinski definition) is 3. The summed E-state index contributed by atoms with van der Waals surface area (Å²) in [4.78, 5) is 11.1. The quantitative estimate of drug-likeness (QED) is 0.827. The molecule has 94 valence electrons. The van der Waals surface area contributed by atoms with E-state index >= 15 is 0 Å². The summed E-state index contributed by atoms with van der Waals surface area (Å²) in [6.07, 6.45) is -3.81. The molecule has 2 N–H and O–H groups in total. The van der Waals surface area contributed by atoms with Gasteiger partial charge in [-0.05, 0) is 5.56 Å². The van der Waals surface area contributed by atoms with Crippen LogP contribution in [-0.2, 0) is 11.3 Å². The van der Waals surface area contributed by atoms with E-state index in [0.29, 0.717) is 0 Å². The van der Waals surface area contributed by atoms with E-state index in [9.17, 15) is 13.6 Å². The summed E-state index contributed by atoms with van der Waals surface area (Å²) in [5.41, 5.74) is 0.750. The Bertz CT molecular complexity index is 346.